The van der Waals surface area contributed by atoms with Crippen molar-refractivity contribution in [2.75, 3.05) is 30.4 Å². The predicted octanol–water partition coefficient (Wildman–Crippen LogP) is 3.42. The van der Waals surface area contributed by atoms with E-state index < -0.39 is 0 Å². The molecule has 0 radical (unpaired) electrons. The highest BCUT2D eigenvalue weighted by Gasteiger charge is 2.24. The van der Waals surface area contributed by atoms with Crippen LogP contribution in [0.25, 0.3) is 0 Å². The minimum Gasteiger partial charge on any atom is -0.495 e. The molecule has 1 aliphatic carbocycles. The summed E-state index contributed by atoms with van der Waals surface area (Å²) in [5.74, 6) is 1.05. The zero-order valence-electron chi connectivity index (χ0n) is 12.7. The minimum atomic E-state index is 0.143. The van der Waals surface area contributed by atoms with Crippen molar-refractivity contribution in [2.24, 2.45) is 5.92 Å². The second kappa shape index (κ2) is 6.37. The number of hydrogen-bond acceptors (Lipinski definition) is 3. The largest absolute Gasteiger partial charge is 0.495 e. The number of carbonyl (C=O) groups excluding carboxylic acids is 1. The highest BCUT2D eigenvalue weighted by atomic mass is 16.5. The lowest BCUT2D eigenvalue weighted by Crippen LogP contribution is -2.21. The molecule has 1 aromatic carbocycles. The van der Waals surface area contributed by atoms with Crippen molar-refractivity contribution in [3.63, 3.8) is 0 Å². The van der Waals surface area contributed by atoms with E-state index in [1.54, 1.807) is 7.11 Å². The van der Waals surface area contributed by atoms with Crippen LogP contribution in [0, 0.1) is 5.92 Å². The number of nitrogens with zero attached hydrogens (tertiary/aromatic N) is 1. The molecule has 1 N–H and O–H groups in total. The first-order valence-electron chi connectivity index (χ1n) is 8.02. The predicted molar refractivity (Wildman–Crippen MR) is 85.0 cm³/mol. The Morgan fingerprint density at radius 1 is 1.19 bits per heavy atom. The summed E-state index contributed by atoms with van der Waals surface area (Å²) < 4.78 is 5.39. The molecule has 0 atom stereocenters. The van der Waals surface area contributed by atoms with Crippen molar-refractivity contribution in [3.8, 4) is 5.75 Å². The van der Waals surface area contributed by atoms with Gasteiger partial charge in [-0.05, 0) is 43.9 Å². The van der Waals surface area contributed by atoms with Gasteiger partial charge in [-0.3, -0.25) is 4.79 Å². The Labute approximate surface area is 126 Å². The highest BCUT2D eigenvalue weighted by Crippen LogP contribution is 2.33. The zero-order valence-corrected chi connectivity index (χ0v) is 12.7. The van der Waals surface area contributed by atoms with Gasteiger partial charge in [0.1, 0.15) is 5.75 Å². The Morgan fingerprint density at radius 3 is 2.57 bits per heavy atom. The molecule has 4 nitrogen and oxygen atoms in total. The third-order valence-corrected chi connectivity index (χ3v) is 4.64. The van der Waals surface area contributed by atoms with Crippen LogP contribution in [-0.4, -0.2) is 26.1 Å². The summed E-state index contributed by atoms with van der Waals surface area (Å²) in [6, 6.07) is 6.09. The highest BCUT2D eigenvalue weighted by molar-refractivity contribution is 5.94. The number of hydrogen-bond donors (Lipinski definition) is 1. The molecule has 1 heterocycles. The van der Waals surface area contributed by atoms with E-state index in [0.29, 0.717) is 0 Å². The fourth-order valence-corrected chi connectivity index (χ4v) is 3.39. The maximum atomic E-state index is 12.3. The average Bonchev–Trinajstić information content (AvgIpc) is 3.20. The molecule has 4 heteroatoms. The van der Waals surface area contributed by atoms with E-state index in [-0.39, 0.29) is 11.8 Å². The van der Waals surface area contributed by atoms with Crippen LogP contribution in [-0.2, 0) is 4.79 Å². The Morgan fingerprint density at radius 2 is 1.90 bits per heavy atom. The van der Waals surface area contributed by atoms with Crippen molar-refractivity contribution in [1.82, 2.24) is 0 Å². The van der Waals surface area contributed by atoms with E-state index in [0.717, 1.165) is 37.4 Å². The van der Waals surface area contributed by atoms with Crippen molar-refractivity contribution >= 4 is 17.3 Å². The second-order valence-electron chi connectivity index (χ2n) is 6.05. The normalized spacial score (nSPS) is 19.0. The molecule has 0 unspecified atom stereocenters. The first kappa shape index (κ1) is 14.2. The number of methoxy groups -OCH3 is 1. The number of ether oxygens (including phenoxy) is 1. The molecular formula is C17H24N2O2. The number of rotatable bonds is 4. The maximum absolute atomic E-state index is 12.3. The molecule has 2 fully saturated rings. The lowest BCUT2D eigenvalue weighted by molar-refractivity contribution is -0.119. The Balaban J connectivity index is 1.77. The monoisotopic (exact) mass is 288 g/mol. The molecular weight excluding hydrogens is 264 g/mol. The number of anilines is 2. The number of carbonyl (C=O) groups is 1. The lowest BCUT2D eigenvalue weighted by Gasteiger charge is -2.20. The van der Waals surface area contributed by atoms with Gasteiger partial charge in [0, 0.05) is 24.7 Å². The summed E-state index contributed by atoms with van der Waals surface area (Å²) in [5, 5.41) is 3.08. The van der Waals surface area contributed by atoms with E-state index in [4.69, 9.17) is 4.74 Å². The van der Waals surface area contributed by atoms with E-state index in [9.17, 15) is 4.79 Å². The van der Waals surface area contributed by atoms with Crippen molar-refractivity contribution in [1.29, 1.82) is 0 Å². The van der Waals surface area contributed by atoms with E-state index in [1.807, 2.05) is 6.07 Å². The number of nitrogens with one attached hydrogen (secondary N) is 1. The third kappa shape index (κ3) is 3.14. The van der Waals surface area contributed by atoms with Crippen LogP contribution in [0.2, 0.25) is 0 Å². The van der Waals surface area contributed by atoms with Crippen LogP contribution in [0.15, 0.2) is 18.2 Å². The van der Waals surface area contributed by atoms with Crippen LogP contribution >= 0.6 is 0 Å². The maximum Gasteiger partial charge on any atom is 0.227 e. The first-order valence-corrected chi connectivity index (χ1v) is 8.02. The molecule has 0 aromatic heterocycles. The summed E-state index contributed by atoms with van der Waals surface area (Å²) in [7, 11) is 1.65. The van der Waals surface area contributed by atoms with Gasteiger partial charge in [0.2, 0.25) is 5.91 Å². The van der Waals surface area contributed by atoms with Gasteiger partial charge < -0.3 is 15.0 Å². The van der Waals surface area contributed by atoms with Crippen molar-refractivity contribution in [2.45, 2.75) is 38.5 Å². The molecule has 114 valence electrons. The van der Waals surface area contributed by atoms with E-state index in [2.05, 4.69) is 22.3 Å². The fraction of sp³-hybridized carbons (Fsp3) is 0.588. The van der Waals surface area contributed by atoms with E-state index >= 15 is 0 Å². The van der Waals surface area contributed by atoms with Gasteiger partial charge in [0.25, 0.3) is 0 Å². The van der Waals surface area contributed by atoms with Crippen LogP contribution in [0.1, 0.15) is 38.5 Å². The van der Waals surface area contributed by atoms with Crippen molar-refractivity contribution < 1.29 is 9.53 Å². The third-order valence-electron chi connectivity index (χ3n) is 4.64. The quantitative estimate of drug-likeness (QED) is 0.923. The van der Waals surface area contributed by atoms with Gasteiger partial charge in [-0.2, -0.15) is 0 Å². The van der Waals surface area contributed by atoms with Gasteiger partial charge in [0.15, 0.2) is 0 Å². The fourth-order valence-electron chi connectivity index (χ4n) is 3.39. The molecule has 1 aromatic rings. The van der Waals surface area contributed by atoms with Crippen LogP contribution in [0.3, 0.4) is 0 Å². The Bertz CT molecular complexity index is 504. The summed E-state index contributed by atoms with van der Waals surface area (Å²) in [5.41, 5.74) is 1.98. The summed E-state index contributed by atoms with van der Waals surface area (Å²) in [6.45, 7) is 2.20. The van der Waals surface area contributed by atoms with Crippen molar-refractivity contribution in [3.05, 3.63) is 18.2 Å². The molecule has 2 aliphatic rings. The molecule has 1 saturated heterocycles. The second-order valence-corrected chi connectivity index (χ2v) is 6.05. The van der Waals surface area contributed by atoms with Gasteiger partial charge in [-0.25, -0.2) is 0 Å². The number of benzene rings is 1. The lowest BCUT2D eigenvalue weighted by atomic mass is 10.1. The SMILES string of the molecule is COc1ccc(N2CCCC2)cc1NC(=O)C1CCCC1. The first-order chi connectivity index (χ1) is 10.3. The topological polar surface area (TPSA) is 41.6 Å². The standard InChI is InChI=1S/C17H24N2O2/c1-21-16-9-8-14(19-10-4-5-11-19)12-15(16)18-17(20)13-6-2-3-7-13/h8-9,12-13H,2-7,10-11H2,1H3,(H,18,20). The average molecular weight is 288 g/mol. The van der Waals surface area contributed by atoms with E-state index in [1.165, 1.54) is 31.4 Å². The van der Waals surface area contributed by atoms with Gasteiger partial charge >= 0.3 is 0 Å². The Kier molecular flexibility index (Phi) is 4.32. The molecule has 21 heavy (non-hydrogen) atoms. The van der Waals surface area contributed by atoms with Crippen LogP contribution < -0.4 is 15.0 Å². The van der Waals surface area contributed by atoms with Gasteiger partial charge in [0.05, 0.1) is 12.8 Å². The molecule has 3 rings (SSSR count). The Hall–Kier alpha value is -1.71. The molecule has 0 bridgehead atoms. The van der Waals surface area contributed by atoms with Crippen LogP contribution in [0.5, 0.6) is 5.75 Å². The summed E-state index contributed by atoms with van der Waals surface area (Å²) in [6.07, 6.45) is 6.86. The summed E-state index contributed by atoms with van der Waals surface area (Å²) >= 11 is 0. The molecule has 1 amide bonds. The van der Waals surface area contributed by atoms with Gasteiger partial charge in [-0.1, -0.05) is 12.8 Å². The molecule has 1 saturated carbocycles. The molecule has 1 aliphatic heterocycles. The smallest absolute Gasteiger partial charge is 0.227 e. The summed E-state index contributed by atoms with van der Waals surface area (Å²) in [4.78, 5) is 14.7. The zero-order chi connectivity index (χ0) is 14.7. The van der Waals surface area contributed by atoms with Gasteiger partial charge in [-0.15, -0.1) is 0 Å². The minimum absolute atomic E-state index is 0.143. The molecule has 0 spiro atoms. The number of amides is 1. The van der Waals surface area contributed by atoms with Crippen LogP contribution in [0.4, 0.5) is 11.4 Å².